The normalized spacial score (nSPS) is 21.8. The molecule has 1 aromatic rings. The SMILES string of the molecule is CCCC(=O)N(CCC)[C@@H]1CO[C@@H]1c1ccccc1. The average Bonchev–Trinajstić information content (AvgIpc) is 2.38. The minimum Gasteiger partial charge on any atom is -0.369 e. The topological polar surface area (TPSA) is 29.5 Å². The number of amides is 1. The van der Waals surface area contributed by atoms with Crippen LogP contribution in [0.5, 0.6) is 0 Å². The van der Waals surface area contributed by atoms with Gasteiger partial charge in [0, 0.05) is 13.0 Å². The maximum atomic E-state index is 12.2. The van der Waals surface area contributed by atoms with Crippen LogP contribution >= 0.6 is 0 Å². The molecular formula is C16H23NO2. The number of rotatable bonds is 6. The van der Waals surface area contributed by atoms with Gasteiger partial charge < -0.3 is 9.64 Å². The van der Waals surface area contributed by atoms with Crippen molar-refractivity contribution in [1.29, 1.82) is 0 Å². The molecule has 1 fully saturated rings. The van der Waals surface area contributed by atoms with Crippen LogP contribution in [0.2, 0.25) is 0 Å². The van der Waals surface area contributed by atoms with Crippen molar-refractivity contribution in [2.45, 2.75) is 45.3 Å². The Morgan fingerprint density at radius 2 is 2.00 bits per heavy atom. The average molecular weight is 261 g/mol. The van der Waals surface area contributed by atoms with E-state index >= 15 is 0 Å². The summed E-state index contributed by atoms with van der Waals surface area (Å²) in [6.07, 6.45) is 2.59. The van der Waals surface area contributed by atoms with Crippen LogP contribution < -0.4 is 0 Å². The third-order valence-corrected chi connectivity index (χ3v) is 3.57. The fourth-order valence-corrected chi connectivity index (χ4v) is 2.57. The highest BCUT2D eigenvalue weighted by atomic mass is 16.5. The van der Waals surface area contributed by atoms with Gasteiger partial charge in [0.15, 0.2) is 0 Å². The summed E-state index contributed by atoms with van der Waals surface area (Å²) < 4.78 is 5.69. The molecule has 0 aromatic heterocycles. The van der Waals surface area contributed by atoms with E-state index in [1.54, 1.807) is 0 Å². The molecule has 0 saturated carbocycles. The second kappa shape index (κ2) is 6.71. The molecule has 0 spiro atoms. The molecule has 0 aliphatic carbocycles. The Labute approximate surface area is 115 Å². The third kappa shape index (κ3) is 3.16. The largest absolute Gasteiger partial charge is 0.369 e. The predicted molar refractivity (Wildman–Crippen MR) is 75.8 cm³/mol. The van der Waals surface area contributed by atoms with E-state index in [1.807, 2.05) is 30.0 Å². The summed E-state index contributed by atoms with van der Waals surface area (Å²) in [6.45, 7) is 5.66. The molecule has 0 radical (unpaired) electrons. The molecule has 1 amide bonds. The Morgan fingerprint density at radius 1 is 1.26 bits per heavy atom. The van der Waals surface area contributed by atoms with Crippen molar-refractivity contribution in [3.8, 4) is 0 Å². The van der Waals surface area contributed by atoms with Gasteiger partial charge in [-0.25, -0.2) is 0 Å². The molecule has 3 nitrogen and oxygen atoms in total. The highest BCUT2D eigenvalue weighted by molar-refractivity contribution is 5.76. The van der Waals surface area contributed by atoms with E-state index in [9.17, 15) is 4.79 Å². The van der Waals surface area contributed by atoms with Gasteiger partial charge >= 0.3 is 0 Å². The van der Waals surface area contributed by atoms with Crippen LogP contribution in [-0.2, 0) is 9.53 Å². The van der Waals surface area contributed by atoms with Crippen LogP contribution in [-0.4, -0.2) is 30.0 Å². The van der Waals surface area contributed by atoms with Crippen LogP contribution in [0.3, 0.4) is 0 Å². The second-order valence-corrected chi connectivity index (χ2v) is 5.07. The van der Waals surface area contributed by atoms with Gasteiger partial charge in [-0.3, -0.25) is 4.79 Å². The molecular weight excluding hydrogens is 238 g/mol. The summed E-state index contributed by atoms with van der Waals surface area (Å²) in [7, 11) is 0. The molecule has 1 heterocycles. The Hall–Kier alpha value is -1.35. The van der Waals surface area contributed by atoms with E-state index in [2.05, 4.69) is 19.1 Å². The van der Waals surface area contributed by atoms with Crippen molar-refractivity contribution < 1.29 is 9.53 Å². The number of carbonyl (C=O) groups is 1. The first-order valence-electron chi connectivity index (χ1n) is 7.24. The molecule has 1 aromatic carbocycles. The van der Waals surface area contributed by atoms with Gasteiger partial charge in [0.25, 0.3) is 0 Å². The van der Waals surface area contributed by atoms with E-state index < -0.39 is 0 Å². The van der Waals surface area contributed by atoms with Gasteiger partial charge in [0.2, 0.25) is 5.91 Å². The number of benzene rings is 1. The lowest BCUT2D eigenvalue weighted by atomic mass is 9.96. The minimum atomic E-state index is 0.0496. The van der Waals surface area contributed by atoms with Crippen LogP contribution in [0.15, 0.2) is 30.3 Å². The fraction of sp³-hybridized carbons (Fsp3) is 0.562. The standard InChI is InChI=1S/C16H23NO2/c1-3-8-15(18)17(11-4-2)14-12-19-16(14)13-9-6-5-7-10-13/h5-7,9-10,14,16H,3-4,8,11-12H2,1-2H3/t14-,16-/m1/s1. The number of carbonyl (C=O) groups excluding carboxylic acids is 1. The summed E-state index contributed by atoms with van der Waals surface area (Å²) >= 11 is 0. The van der Waals surface area contributed by atoms with Gasteiger partial charge in [-0.2, -0.15) is 0 Å². The molecule has 1 aliphatic heterocycles. The van der Waals surface area contributed by atoms with E-state index in [4.69, 9.17) is 4.74 Å². The lowest BCUT2D eigenvalue weighted by molar-refractivity contribution is -0.163. The first-order valence-corrected chi connectivity index (χ1v) is 7.24. The van der Waals surface area contributed by atoms with Crippen molar-refractivity contribution >= 4 is 5.91 Å². The van der Waals surface area contributed by atoms with Crippen molar-refractivity contribution in [2.24, 2.45) is 0 Å². The van der Waals surface area contributed by atoms with Crippen LogP contribution in [0, 0.1) is 0 Å². The lowest BCUT2D eigenvalue weighted by Gasteiger charge is -2.44. The van der Waals surface area contributed by atoms with Crippen LogP contribution in [0.25, 0.3) is 0 Å². The molecule has 2 rings (SSSR count). The van der Waals surface area contributed by atoms with Gasteiger partial charge in [0.05, 0.1) is 12.6 Å². The van der Waals surface area contributed by atoms with Gasteiger partial charge in [-0.05, 0) is 18.4 Å². The summed E-state index contributed by atoms with van der Waals surface area (Å²) in [6, 6.07) is 10.4. The van der Waals surface area contributed by atoms with Gasteiger partial charge in [0.1, 0.15) is 6.10 Å². The molecule has 19 heavy (non-hydrogen) atoms. The van der Waals surface area contributed by atoms with Crippen molar-refractivity contribution in [3.05, 3.63) is 35.9 Å². The monoisotopic (exact) mass is 261 g/mol. The molecule has 2 atom stereocenters. The highest BCUT2D eigenvalue weighted by Crippen LogP contribution is 2.34. The summed E-state index contributed by atoms with van der Waals surface area (Å²) in [5.74, 6) is 0.263. The number of nitrogens with zero attached hydrogens (tertiary/aromatic N) is 1. The van der Waals surface area contributed by atoms with Crippen LogP contribution in [0.4, 0.5) is 0 Å². The molecule has 0 N–H and O–H groups in total. The zero-order chi connectivity index (χ0) is 13.7. The first kappa shape index (κ1) is 14.1. The predicted octanol–water partition coefficient (Wildman–Crippen LogP) is 3.17. The summed E-state index contributed by atoms with van der Waals surface area (Å²) in [4.78, 5) is 14.2. The minimum absolute atomic E-state index is 0.0496. The fourth-order valence-electron chi connectivity index (χ4n) is 2.57. The third-order valence-electron chi connectivity index (χ3n) is 3.57. The molecule has 0 unspecified atom stereocenters. The van der Waals surface area contributed by atoms with E-state index in [1.165, 1.54) is 5.56 Å². The number of ether oxygens (including phenoxy) is 1. The van der Waals surface area contributed by atoms with Crippen molar-refractivity contribution in [3.63, 3.8) is 0 Å². The quantitative estimate of drug-likeness (QED) is 0.787. The molecule has 3 heteroatoms. The maximum absolute atomic E-state index is 12.2. The Morgan fingerprint density at radius 3 is 2.53 bits per heavy atom. The smallest absolute Gasteiger partial charge is 0.222 e. The lowest BCUT2D eigenvalue weighted by Crippen LogP contribution is -2.53. The Balaban J connectivity index is 2.08. The second-order valence-electron chi connectivity index (χ2n) is 5.07. The zero-order valence-corrected chi connectivity index (χ0v) is 11.8. The molecule has 0 bridgehead atoms. The Kier molecular flexibility index (Phi) is 4.97. The van der Waals surface area contributed by atoms with Crippen molar-refractivity contribution in [2.75, 3.05) is 13.2 Å². The summed E-state index contributed by atoms with van der Waals surface area (Å²) in [5.41, 5.74) is 1.17. The van der Waals surface area contributed by atoms with E-state index in [0.29, 0.717) is 13.0 Å². The number of hydrogen-bond acceptors (Lipinski definition) is 2. The zero-order valence-electron chi connectivity index (χ0n) is 11.8. The molecule has 104 valence electrons. The van der Waals surface area contributed by atoms with E-state index in [0.717, 1.165) is 19.4 Å². The van der Waals surface area contributed by atoms with Crippen LogP contribution in [0.1, 0.15) is 44.8 Å². The number of hydrogen-bond donors (Lipinski definition) is 0. The molecule has 1 saturated heterocycles. The van der Waals surface area contributed by atoms with Gasteiger partial charge in [-0.15, -0.1) is 0 Å². The van der Waals surface area contributed by atoms with E-state index in [-0.39, 0.29) is 18.1 Å². The Bertz CT molecular complexity index is 404. The first-order chi connectivity index (χ1) is 9.27. The highest BCUT2D eigenvalue weighted by Gasteiger charge is 2.39. The molecule has 1 aliphatic rings. The maximum Gasteiger partial charge on any atom is 0.222 e. The van der Waals surface area contributed by atoms with Crippen molar-refractivity contribution in [1.82, 2.24) is 4.90 Å². The van der Waals surface area contributed by atoms with Gasteiger partial charge in [-0.1, -0.05) is 44.2 Å². The summed E-state index contributed by atoms with van der Waals surface area (Å²) in [5, 5.41) is 0.